The molecule has 1 aromatic rings. The SMILES string of the molecule is [CH2]Cc1cc(CCCCCCCCCCCCCCCCCCCCCC)c(CCCCCCCCCCCCCCCCCCCCCC)c(CCCCCCCCCCCCCCCCCCCCCC)c1. The van der Waals surface area contributed by atoms with Gasteiger partial charge in [0.1, 0.15) is 0 Å². The van der Waals surface area contributed by atoms with Crippen molar-refractivity contribution in [2.45, 2.75) is 432 Å². The molecule has 0 unspecified atom stereocenters. The van der Waals surface area contributed by atoms with E-state index in [9.17, 15) is 0 Å². The molecule has 1 aromatic carbocycles. The summed E-state index contributed by atoms with van der Waals surface area (Å²) in [5.74, 6) is 0. The molecule has 0 atom stereocenters. The van der Waals surface area contributed by atoms with Crippen LogP contribution in [-0.4, -0.2) is 0 Å². The van der Waals surface area contributed by atoms with E-state index in [0.29, 0.717) is 0 Å². The molecule has 0 aromatic heterocycles. The second-order valence-corrected chi connectivity index (χ2v) is 25.0. The van der Waals surface area contributed by atoms with E-state index in [4.69, 9.17) is 0 Å². The Morgan fingerprint density at radius 3 is 0.514 bits per heavy atom. The molecule has 0 nitrogen and oxygen atoms in total. The fourth-order valence-corrected chi connectivity index (χ4v) is 12.5. The molecule has 0 amide bonds. The molecule has 0 heteroatoms. The van der Waals surface area contributed by atoms with Crippen molar-refractivity contribution >= 4 is 0 Å². The lowest BCUT2D eigenvalue weighted by atomic mass is 9.87. The lowest BCUT2D eigenvalue weighted by Crippen LogP contribution is -2.04. The Kier molecular flexibility index (Phi) is 59.1. The highest BCUT2D eigenvalue weighted by molar-refractivity contribution is 5.40. The summed E-state index contributed by atoms with van der Waals surface area (Å²) in [6, 6.07) is 5.21. The van der Waals surface area contributed by atoms with E-state index in [1.54, 1.807) is 16.7 Å². The van der Waals surface area contributed by atoms with E-state index in [0.717, 1.165) is 6.42 Å². The van der Waals surface area contributed by atoms with Crippen molar-refractivity contribution in [1.82, 2.24) is 0 Å². The molecule has 0 saturated heterocycles. The molecular weight excluding hydrogens is 889 g/mol. The van der Waals surface area contributed by atoms with E-state index >= 15 is 0 Å². The van der Waals surface area contributed by atoms with Gasteiger partial charge in [-0.05, 0) is 74.1 Å². The number of hydrogen-bond acceptors (Lipinski definition) is 0. The second-order valence-electron chi connectivity index (χ2n) is 25.0. The molecule has 74 heavy (non-hydrogen) atoms. The molecule has 0 bridgehead atoms. The monoisotopic (exact) mass is 1030 g/mol. The summed E-state index contributed by atoms with van der Waals surface area (Å²) < 4.78 is 0. The third kappa shape index (κ3) is 50.7. The third-order valence-electron chi connectivity index (χ3n) is 17.7. The van der Waals surface area contributed by atoms with Gasteiger partial charge < -0.3 is 0 Å². The van der Waals surface area contributed by atoms with Crippen molar-refractivity contribution in [2.75, 3.05) is 0 Å². The fourth-order valence-electron chi connectivity index (χ4n) is 12.5. The van der Waals surface area contributed by atoms with Gasteiger partial charge in [-0.2, -0.15) is 0 Å². The van der Waals surface area contributed by atoms with Crippen molar-refractivity contribution < 1.29 is 0 Å². The summed E-state index contributed by atoms with van der Waals surface area (Å²) in [5, 5.41) is 0. The molecule has 437 valence electrons. The Morgan fingerprint density at radius 1 is 0.203 bits per heavy atom. The van der Waals surface area contributed by atoms with Crippen molar-refractivity contribution in [3.8, 4) is 0 Å². The lowest BCUT2D eigenvalue weighted by Gasteiger charge is -2.18. The smallest absolute Gasteiger partial charge is 0.0273 e. The van der Waals surface area contributed by atoms with E-state index in [1.807, 2.05) is 0 Å². The zero-order chi connectivity index (χ0) is 53.0. The van der Waals surface area contributed by atoms with Crippen molar-refractivity contribution in [2.24, 2.45) is 0 Å². The molecule has 1 rings (SSSR count). The van der Waals surface area contributed by atoms with E-state index in [-0.39, 0.29) is 0 Å². The van der Waals surface area contributed by atoms with Crippen LogP contribution in [0.4, 0.5) is 0 Å². The predicted molar refractivity (Wildman–Crippen MR) is 341 cm³/mol. The van der Waals surface area contributed by atoms with Gasteiger partial charge in [0.25, 0.3) is 0 Å². The van der Waals surface area contributed by atoms with Crippen LogP contribution < -0.4 is 0 Å². The molecular formula is C74H141. The number of aryl methyl sites for hydroxylation is 2. The van der Waals surface area contributed by atoms with Gasteiger partial charge in [-0.15, -0.1) is 0 Å². The molecule has 0 heterocycles. The van der Waals surface area contributed by atoms with Crippen molar-refractivity contribution in [1.29, 1.82) is 0 Å². The zero-order valence-electron chi connectivity index (χ0n) is 52.1. The topological polar surface area (TPSA) is 0 Å². The van der Waals surface area contributed by atoms with Crippen LogP contribution in [0.1, 0.15) is 428 Å². The first-order valence-corrected chi connectivity index (χ1v) is 35.7. The average Bonchev–Trinajstić information content (AvgIpc) is 3.41. The predicted octanol–water partition coefficient (Wildman–Crippen LogP) is 27.2. The van der Waals surface area contributed by atoms with Crippen LogP contribution in [-0.2, 0) is 25.7 Å². The molecule has 0 N–H and O–H groups in total. The van der Waals surface area contributed by atoms with Gasteiger partial charge in [-0.3, -0.25) is 0 Å². The summed E-state index contributed by atoms with van der Waals surface area (Å²) in [6.45, 7) is 11.4. The van der Waals surface area contributed by atoms with Crippen LogP contribution in [0.2, 0.25) is 0 Å². The van der Waals surface area contributed by atoms with E-state index in [2.05, 4.69) is 39.8 Å². The normalized spacial score (nSPS) is 11.7. The number of benzene rings is 1. The summed E-state index contributed by atoms with van der Waals surface area (Å²) in [4.78, 5) is 0. The van der Waals surface area contributed by atoms with Crippen molar-refractivity contribution in [3.05, 3.63) is 41.3 Å². The minimum Gasteiger partial charge on any atom is -0.0654 e. The van der Waals surface area contributed by atoms with E-state index in [1.165, 1.54) is 410 Å². The van der Waals surface area contributed by atoms with Gasteiger partial charge >= 0.3 is 0 Å². The highest BCUT2D eigenvalue weighted by atomic mass is 14.2. The number of unbranched alkanes of at least 4 members (excludes halogenated alkanes) is 57. The van der Waals surface area contributed by atoms with Crippen LogP contribution >= 0.6 is 0 Å². The lowest BCUT2D eigenvalue weighted by molar-refractivity contribution is 0.520. The largest absolute Gasteiger partial charge is 0.0654 e. The van der Waals surface area contributed by atoms with Gasteiger partial charge in [0.2, 0.25) is 0 Å². The van der Waals surface area contributed by atoms with Crippen LogP contribution in [0.5, 0.6) is 0 Å². The van der Waals surface area contributed by atoms with E-state index < -0.39 is 0 Å². The highest BCUT2D eigenvalue weighted by Gasteiger charge is 2.12. The summed E-state index contributed by atoms with van der Waals surface area (Å²) in [7, 11) is 0. The van der Waals surface area contributed by atoms with Gasteiger partial charge in [-0.1, -0.05) is 399 Å². The molecule has 0 saturated carbocycles. The standard InChI is InChI=1S/C74H141/c1-5-9-12-15-18-21-24-27-30-33-36-39-42-45-48-51-54-57-60-63-66-72-69-71(8-4)70-73(67-64-61-58-55-52-49-46-43-40-37-34-31-28-25-22-19-16-13-10-6-2)74(72)68-65-62-59-56-53-50-47-44-41-38-35-32-29-26-23-20-17-14-11-7-3/h69-70H,4-68H2,1-3H3. The van der Waals surface area contributed by atoms with Crippen LogP contribution in [0.3, 0.4) is 0 Å². The Balaban J connectivity index is 2.36. The minimum absolute atomic E-state index is 0.943. The van der Waals surface area contributed by atoms with Gasteiger partial charge in [0, 0.05) is 0 Å². The van der Waals surface area contributed by atoms with Crippen molar-refractivity contribution in [3.63, 3.8) is 0 Å². The maximum Gasteiger partial charge on any atom is -0.0273 e. The quantitative estimate of drug-likeness (QED) is 0.0571. The van der Waals surface area contributed by atoms with Gasteiger partial charge in [-0.25, -0.2) is 0 Å². The highest BCUT2D eigenvalue weighted by Crippen LogP contribution is 2.27. The Bertz CT molecular complexity index is 1110. The summed E-state index contributed by atoms with van der Waals surface area (Å²) in [5.41, 5.74) is 6.72. The molecule has 0 aliphatic heterocycles. The number of hydrogen-bond donors (Lipinski definition) is 0. The second kappa shape index (κ2) is 61.4. The van der Waals surface area contributed by atoms with Crippen LogP contribution in [0, 0.1) is 6.92 Å². The summed E-state index contributed by atoms with van der Waals surface area (Å²) in [6.07, 6.45) is 92.4. The van der Waals surface area contributed by atoms with Crippen LogP contribution in [0.15, 0.2) is 12.1 Å². The maximum atomic E-state index is 4.40. The fraction of sp³-hybridized carbons (Fsp3) is 0.905. The molecule has 0 spiro atoms. The first kappa shape index (κ1) is 71.2. The summed E-state index contributed by atoms with van der Waals surface area (Å²) >= 11 is 0. The van der Waals surface area contributed by atoms with Gasteiger partial charge in [0.15, 0.2) is 0 Å². The molecule has 0 aliphatic rings. The number of rotatable bonds is 64. The Morgan fingerprint density at radius 2 is 0.351 bits per heavy atom. The van der Waals surface area contributed by atoms with Gasteiger partial charge in [0.05, 0.1) is 0 Å². The Labute approximate surface area is 470 Å². The van der Waals surface area contributed by atoms with Crippen LogP contribution in [0.25, 0.3) is 0 Å². The first-order chi connectivity index (χ1) is 36.8. The zero-order valence-corrected chi connectivity index (χ0v) is 52.1. The molecule has 0 aliphatic carbocycles. The Hall–Kier alpha value is -0.780. The molecule has 1 radical (unpaired) electrons. The maximum absolute atomic E-state index is 4.40. The first-order valence-electron chi connectivity index (χ1n) is 35.7. The minimum atomic E-state index is 0.943. The average molecular weight is 1030 g/mol. The third-order valence-corrected chi connectivity index (χ3v) is 17.7. The molecule has 0 fully saturated rings.